The molecule has 2 N–H and O–H groups in total. The van der Waals surface area contributed by atoms with Crippen LogP contribution >= 0.6 is 0 Å². The molecule has 1 aliphatic heterocycles. The minimum Gasteiger partial charge on any atom is -0.393 e. The van der Waals surface area contributed by atoms with E-state index in [1.165, 1.54) is 12.0 Å². The first-order valence-electron chi connectivity index (χ1n) is 10.1. The highest BCUT2D eigenvalue weighted by atomic mass is 16.6. The van der Waals surface area contributed by atoms with Gasteiger partial charge in [-0.15, -0.1) is 0 Å². The second-order valence-corrected chi connectivity index (χ2v) is 9.90. The van der Waals surface area contributed by atoms with Gasteiger partial charge in [-0.05, 0) is 74.5 Å². The fourth-order valence-corrected chi connectivity index (χ4v) is 7.55. The third kappa shape index (κ3) is 1.84. The van der Waals surface area contributed by atoms with Crippen LogP contribution in [-0.2, 0) is 4.74 Å². The lowest BCUT2D eigenvalue weighted by atomic mass is 9.47. The average Bonchev–Trinajstić information content (AvgIpc) is 3.36. The predicted octanol–water partition coefficient (Wildman–Crippen LogP) is 3.44. The monoisotopic (exact) mass is 332 g/mol. The van der Waals surface area contributed by atoms with Crippen molar-refractivity contribution in [1.29, 1.82) is 0 Å². The van der Waals surface area contributed by atoms with Gasteiger partial charge in [-0.3, -0.25) is 0 Å². The molecule has 0 aromatic carbocycles. The molecule has 0 radical (unpaired) electrons. The molecule has 0 aromatic heterocycles. The smallest absolute Gasteiger partial charge is 0.110 e. The van der Waals surface area contributed by atoms with Crippen LogP contribution in [0.4, 0.5) is 0 Å². The van der Waals surface area contributed by atoms with E-state index in [9.17, 15) is 10.2 Å². The van der Waals surface area contributed by atoms with E-state index >= 15 is 0 Å². The summed E-state index contributed by atoms with van der Waals surface area (Å²) in [5.41, 5.74) is 1.27. The van der Waals surface area contributed by atoms with Crippen LogP contribution in [0.25, 0.3) is 0 Å². The Morgan fingerprint density at radius 1 is 1.08 bits per heavy atom. The van der Waals surface area contributed by atoms with Crippen LogP contribution in [-0.4, -0.2) is 34.6 Å². The fraction of sp³-hybridized carbons (Fsp3) is 0.905. The van der Waals surface area contributed by atoms with Gasteiger partial charge in [0.15, 0.2) is 0 Å². The van der Waals surface area contributed by atoms with Crippen LogP contribution in [0.15, 0.2) is 11.6 Å². The maximum absolute atomic E-state index is 11.4. The van der Waals surface area contributed by atoms with Gasteiger partial charge in [-0.2, -0.15) is 0 Å². The largest absolute Gasteiger partial charge is 0.393 e. The molecule has 0 bridgehead atoms. The second-order valence-electron chi connectivity index (χ2n) is 9.90. The Morgan fingerprint density at radius 3 is 2.58 bits per heavy atom. The minimum absolute atomic E-state index is 0.0330. The SMILES string of the molecule is C[C@]12CC[C@H](O)CC1=CC[C@@H]1[C@@H]2CC[C@@]2(C)[C@H]1CC[C@@]2(O)[C@H]1CO1. The number of aliphatic hydroxyl groups is 2. The Hall–Kier alpha value is -0.380. The highest BCUT2D eigenvalue weighted by Crippen LogP contribution is 2.68. The van der Waals surface area contributed by atoms with Crippen molar-refractivity contribution in [3.8, 4) is 0 Å². The molecule has 3 saturated carbocycles. The zero-order chi connectivity index (χ0) is 16.7. The molecule has 5 rings (SSSR count). The Balaban J connectivity index is 1.49. The molecule has 0 aromatic rings. The first-order chi connectivity index (χ1) is 11.4. The number of hydrogen-bond acceptors (Lipinski definition) is 3. The molecule has 3 heteroatoms. The number of fused-ring (bicyclic) bond motifs is 5. The summed E-state index contributed by atoms with van der Waals surface area (Å²) in [5, 5.41) is 21.5. The molecule has 4 fully saturated rings. The Kier molecular flexibility index (Phi) is 3.21. The molecule has 1 heterocycles. The summed E-state index contributed by atoms with van der Waals surface area (Å²) in [4.78, 5) is 0. The standard InChI is InChI=1S/C21H32O3/c1-19-8-5-14(22)11-13(19)3-4-15-16(19)6-9-20(2)17(15)7-10-21(20,23)18-12-24-18/h3,14-18,22-23H,4-12H2,1-2H3/t14-,15+,16-,17-,18+,19-,20-,21+/m0/s1. The van der Waals surface area contributed by atoms with E-state index in [0.717, 1.165) is 57.5 Å². The molecular weight excluding hydrogens is 300 g/mol. The summed E-state index contributed by atoms with van der Waals surface area (Å²) in [6.45, 7) is 5.58. The van der Waals surface area contributed by atoms with Crippen molar-refractivity contribution in [2.75, 3.05) is 6.61 Å². The van der Waals surface area contributed by atoms with E-state index in [2.05, 4.69) is 19.9 Å². The van der Waals surface area contributed by atoms with Crippen molar-refractivity contribution < 1.29 is 14.9 Å². The number of allylic oxidation sites excluding steroid dienone is 1. The first kappa shape index (κ1) is 15.8. The summed E-state index contributed by atoms with van der Waals surface area (Å²) < 4.78 is 5.57. The van der Waals surface area contributed by atoms with Crippen molar-refractivity contribution in [3.05, 3.63) is 11.6 Å². The quantitative estimate of drug-likeness (QED) is 0.571. The molecule has 0 spiro atoms. The molecule has 1 saturated heterocycles. The number of ether oxygens (including phenoxy) is 1. The first-order valence-corrected chi connectivity index (χ1v) is 10.1. The van der Waals surface area contributed by atoms with Gasteiger partial charge in [0.25, 0.3) is 0 Å². The lowest BCUT2D eigenvalue weighted by molar-refractivity contribution is -0.134. The van der Waals surface area contributed by atoms with Crippen LogP contribution in [0.3, 0.4) is 0 Å². The van der Waals surface area contributed by atoms with Gasteiger partial charge in [-0.25, -0.2) is 0 Å². The fourth-order valence-electron chi connectivity index (χ4n) is 7.55. The third-order valence-corrected chi connectivity index (χ3v) is 9.16. The van der Waals surface area contributed by atoms with Crippen LogP contribution < -0.4 is 0 Å². The van der Waals surface area contributed by atoms with Crippen LogP contribution in [0.5, 0.6) is 0 Å². The number of hydrogen-bond donors (Lipinski definition) is 2. The van der Waals surface area contributed by atoms with Crippen LogP contribution in [0.1, 0.15) is 65.2 Å². The Bertz CT molecular complexity index is 582. The topological polar surface area (TPSA) is 53.0 Å². The van der Waals surface area contributed by atoms with E-state index in [0.29, 0.717) is 17.3 Å². The lowest BCUT2D eigenvalue weighted by Crippen LogP contribution is -2.56. The lowest BCUT2D eigenvalue weighted by Gasteiger charge is -2.58. The van der Waals surface area contributed by atoms with Crippen molar-refractivity contribution in [3.63, 3.8) is 0 Å². The van der Waals surface area contributed by atoms with Gasteiger partial charge in [0.2, 0.25) is 0 Å². The zero-order valence-corrected chi connectivity index (χ0v) is 15.1. The molecule has 24 heavy (non-hydrogen) atoms. The minimum atomic E-state index is -0.587. The van der Waals surface area contributed by atoms with Crippen LogP contribution in [0, 0.1) is 28.6 Å². The Morgan fingerprint density at radius 2 is 1.83 bits per heavy atom. The van der Waals surface area contributed by atoms with Crippen LogP contribution in [0.2, 0.25) is 0 Å². The molecule has 134 valence electrons. The van der Waals surface area contributed by atoms with Crippen molar-refractivity contribution in [2.24, 2.45) is 28.6 Å². The zero-order valence-electron chi connectivity index (χ0n) is 15.1. The number of aliphatic hydroxyl groups excluding tert-OH is 1. The molecular formula is C21H32O3. The predicted molar refractivity (Wildman–Crippen MR) is 92.4 cm³/mol. The Labute approximate surface area is 145 Å². The van der Waals surface area contributed by atoms with Gasteiger partial charge < -0.3 is 14.9 Å². The molecule has 3 nitrogen and oxygen atoms in total. The van der Waals surface area contributed by atoms with Gasteiger partial charge >= 0.3 is 0 Å². The van der Waals surface area contributed by atoms with Crippen molar-refractivity contribution >= 4 is 0 Å². The average molecular weight is 332 g/mol. The molecule has 4 aliphatic carbocycles. The summed E-state index contributed by atoms with van der Waals surface area (Å²) >= 11 is 0. The maximum atomic E-state index is 11.4. The number of epoxide rings is 1. The third-order valence-electron chi connectivity index (χ3n) is 9.16. The van der Waals surface area contributed by atoms with Gasteiger partial charge in [-0.1, -0.05) is 25.5 Å². The van der Waals surface area contributed by atoms with E-state index in [-0.39, 0.29) is 17.6 Å². The van der Waals surface area contributed by atoms with Gasteiger partial charge in [0, 0.05) is 5.41 Å². The van der Waals surface area contributed by atoms with Gasteiger partial charge in [0.05, 0.1) is 18.3 Å². The number of rotatable bonds is 1. The van der Waals surface area contributed by atoms with E-state index in [1.807, 2.05) is 0 Å². The summed E-state index contributed by atoms with van der Waals surface area (Å²) in [5.74, 6) is 2.08. The van der Waals surface area contributed by atoms with Crippen molar-refractivity contribution in [1.82, 2.24) is 0 Å². The maximum Gasteiger partial charge on any atom is 0.110 e. The summed E-state index contributed by atoms with van der Waals surface area (Å²) in [6, 6.07) is 0. The van der Waals surface area contributed by atoms with E-state index in [1.54, 1.807) is 0 Å². The molecule has 0 unspecified atom stereocenters. The van der Waals surface area contributed by atoms with Gasteiger partial charge in [0.1, 0.15) is 6.10 Å². The highest BCUT2D eigenvalue weighted by Gasteiger charge is 2.67. The summed E-state index contributed by atoms with van der Waals surface area (Å²) in [6.07, 6.45) is 11.0. The van der Waals surface area contributed by atoms with E-state index in [4.69, 9.17) is 4.74 Å². The molecule has 5 aliphatic rings. The van der Waals surface area contributed by atoms with Crippen molar-refractivity contribution in [2.45, 2.75) is 83.0 Å². The van der Waals surface area contributed by atoms with E-state index < -0.39 is 5.60 Å². The molecule has 8 atom stereocenters. The second kappa shape index (κ2) is 4.86. The summed E-state index contributed by atoms with van der Waals surface area (Å²) in [7, 11) is 0. The normalized spacial score (nSPS) is 59.2. The molecule has 0 amide bonds. The highest BCUT2D eigenvalue weighted by molar-refractivity contribution is 5.26.